The summed E-state index contributed by atoms with van der Waals surface area (Å²) in [5, 5.41) is 6.24. The molecule has 2 N–H and O–H groups in total. The second-order valence-corrected chi connectivity index (χ2v) is 15.0. The Morgan fingerprint density at radius 2 is 0.683 bits per heavy atom. The second-order valence-electron chi connectivity index (χ2n) is 15.0. The van der Waals surface area contributed by atoms with E-state index in [-0.39, 0.29) is 11.8 Å². The van der Waals surface area contributed by atoms with Crippen LogP contribution in [0.3, 0.4) is 0 Å². The van der Waals surface area contributed by atoms with Crippen molar-refractivity contribution in [3.05, 3.63) is 205 Å². The maximum absolute atomic E-state index is 12.9. The Morgan fingerprint density at radius 1 is 0.350 bits per heavy atom. The van der Waals surface area contributed by atoms with Crippen LogP contribution >= 0.6 is 0 Å². The highest BCUT2D eigenvalue weighted by molar-refractivity contribution is 6.02. The molecule has 0 aliphatic carbocycles. The van der Waals surface area contributed by atoms with Crippen LogP contribution in [0, 0.1) is 13.8 Å². The summed E-state index contributed by atoms with van der Waals surface area (Å²) in [4.78, 5) is 30.2. The van der Waals surface area contributed by atoms with Gasteiger partial charge in [0.25, 0.3) is 0 Å². The van der Waals surface area contributed by atoms with Crippen molar-refractivity contribution in [3.63, 3.8) is 0 Å². The molecule has 0 radical (unpaired) electrons. The van der Waals surface area contributed by atoms with Crippen molar-refractivity contribution in [2.24, 2.45) is 0 Å². The number of carbonyl (C=O) groups is 2. The number of rotatable bonds is 11. The predicted octanol–water partition coefficient (Wildman–Crippen LogP) is 14.2. The predicted molar refractivity (Wildman–Crippen MR) is 250 cm³/mol. The molecule has 8 aromatic rings. The number of hydrogen-bond acceptors (Lipinski definition) is 4. The molecule has 8 aromatic carbocycles. The average Bonchev–Trinajstić information content (AvgIpc) is 3.25. The summed E-state index contributed by atoms with van der Waals surface area (Å²) in [5.74, 6) is -0.407. The fourth-order valence-corrected chi connectivity index (χ4v) is 7.69. The first-order valence-corrected chi connectivity index (χ1v) is 20.1. The molecular formula is C54H46N4O2. The molecule has 0 atom stereocenters. The van der Waals surface area contributed by atoms with E-state index < -0.39 is 0 Å². The fraction of sp³-hybridized carbons (Fsp3) is 0.0741. The SMILES string of the molecule is CC(=O)Nc1cc(N(c2ccc(-c3ccccc3)cc2)c2cccc(C)c2)ccc1-c1ccc(N(c2ccc(-c3ccccc3)cc2)c2cccc(C)c2)cc1NC(C)=O. The lowest BCUT2D eigenvalue weighted by Gasteiger charge is -2.28. The molecule has 0 saturated carbocycles. The van der Waals surface area contributed by atoms with Gasteiger partial charge < -0.3 is 20.4 Å². The van der Waals surface area contributed by atoms with Gasteiger partial charge in [-0.3, -0.25) is 9.59 Å². The van der Waals surface area contributed by atoms with Crippen LogP contribution in [-0.2, 0) is 9.59 Å². The number of nitrogens with zero attached hydrogens (tertiary/aromatic N) is 2. The van der Waals surface area contributed by atoms with Crippen molar-refractivity contribution < 1.29 is 9.59 Å². The molecule has 0 saturated heterocycles. The number of benzene rings is 8. The summed E-state index contributed by atoms with van der Waals surface area (Å²) in [6.45, 7) is 7.19. The van der Waals surface area contributed by atoms with Crippen molar-refractivity contribution in [2.45, 2.75) is 27.7 Å². The van der Waals surface area contributed by atoms with Crippen molar-refractivity contribution in [1.82, 2.24) is 0 Å². The van der Waals surface area contributed by atoms with Gasteiger partial charge >= 0.3 is 0 Å². The van der Waals surface area contributed by atoms with E-state index in [0.717, 1.165) is 78.6 Å². The Morgan fingerprint density at radius 3 is 1.03 bits per heavy atom. The molecule has 0 aliphatic heterocycles. The van der Waals surface area contributed by atoms with Gasteiger partial charge in [-0.05, 0) is 120 Å². The number of carbonyl (C=O) groups excluding carboxylic acids is 2. The molecule has 8 rings (SSSR count). The smallest absolute Gasteiger partial charge is 0.221 e. The van der Waals surface area contributed by atoms with Gasteiger partial charge in [0.15, 0.2) is 0 Å². The zero-order chi connectivity index (χ0) is 41.6. The van der Waals surface area contributed by atoms with Gasteiger partial charge in [0.05, 0.1) is 11.4 Å². The van der Waals surface area contributed by atoms with Gasteiger partial charge in [-0.1, -0.05) is 121 Å². The van der Waals surface area contributed by atoms with Crippen LogP contribution in [0.15, 0.2) is 194 Å². The highest BCUT2D eigenvalue weighted by Gasteiger charge is 2.21. The number of anilines is 8. The van der Waals surface area contributed by atoms with Crippen LogP contribution in [0.5, 0.6) is 0 Å². The molecule has 6 heteroatoms. The number of amides is 2. The largest absolute Gasteiger partial charge is 0.326 e. The van der Waals surface area contributed by atoms with Crippen LogP contribution in [0.2, 0.25) is 0 Å². The topological polar surface area (TPSA) is 64.7 Å². The third-order valence-corrected chi connectivity index (χ3v) is 10.4. The molecule has 0 heterocycles. The third-order valence-electron chi connectivity index (χ3n) is 10.4. The molecule has 0 aliphatic rings. The maximum Gasteiger partial charge on any atom is 0.221 e. The molecule has 0 unspecified atom stereocenters. The van der Waals surface area contributed by atoms with Crippen molar-refractivity contribution in [2.75, 3.05) is 20.4 Å². The summed E-state index contributed by atoms with van der Waals surface area (Å²) < 4.78 is 0. The van der Waals surface area contributed by atoms with E-state index in [1.54, 1.807) is 0 Å². The van der Waals surface area contributed by atoms with Crippen molar-refractivity contribution >= 4 is 57.3 Å². The second kappa shape index (κ2) is 17.4. The van der Waals surface area contributed by atoms with E-state index in [1.165, 1.54) is 13.8 Å². The summed E-state index contributed by atoms with van der Waals surface area (Å²) in [7, 11) is 0. The minimum atomic E-state index is -0.204. The molecule has 2 amide bonds. The minimum absolute atomic E-state index is 0.204. The average molecular weight is 783 g/mol. The van der Waals surface area contributed by atoms with E-state index >= 15 is 0 Å². The van der Waals surface area contributed by atoms with Gasteiger partial charge in [-0.15, -0.1) is 0 Å². The normalized spacial score (nSPS) is 10.8. The summed E-state index contributed by atoms with van der Waals surface area (Å²) in [5.41, 5.74) is 15.2. The quantitative estimate of drug-likeness (QED) is 0.137. The molecule has 294 valence electrons. The molecule has 0 bridgehead atoms. The summed E-state index contributed by atoms with van der Waals surface area (Å²) in [6, 6.07) is 66.6. The highest BCUT2D eigenvalue weighted by Crippen LogP contribution is 2.44. The minimum Gasteiger partial charge on any atom is -0.326 e. The van der Waals surface area contributed by atoms with Crippen LogP contribution in [0.1, 0.15) is 25.0 Å². The monoisotopic (exact) mass is 782 g/mol. The lowest BCUT2D eigenvalue weighted by molar-refractivity contribution is -0.115. The third kappa shape index (κ3) is 8.74. The zero-order valence-corrected chi connectivity index (χ0v) is 34.2. The Hall–Kier alpha value is -7.70. The zero-order valence-electron chi connectivity index (χ0n) is 34.2. The van der Waals surface area contributed by atoms with Gasteiger partial charge in [0, 0.05) is 59.1 Å². The Kier molecular flexibility index (Phi) is 11.4. The Bertz CT molecular complexity index is 2590. The number of nitrogens with one attached hydrogen (secondary N) is 2. The molecule has 60 heavy (non-hydrogen) atoms. The van der Waals surface area contributed by atoms with E-state index in [1.807, 2.05) is 60.7 Å². The van der Waals surface area contributed by atoms with E-state index in [9.17, 15) is 9.59 Å². The van der Waals surface area contributed by atoms with Crippen molar-refractivity contribution in [3.8, 4) is 33.4 Å². The number of hydrogen-bond donors (Lipinski definition) is 2. The first-order chi connectivity index (χ1) is 29.2. The maximum atomic E-state index is 12.9. The Labute approximate surface area is 352 Å². The van der Waals surface area contributed by atoms with E-state index in [4.69, 9.17) is 0 Å². The fourth-order valence-electron chi connectivity index (χ4n) is 7.69. The first kappa shape index (κ1) is 39.1. The lowest BCUT2D eigenvalue weighted by Crippen LogP contribution is -2.14. The lowest BCUT2D eigenvalue weighted by atomic mass is 9.98. The van der Waals surface area contributed by atoms with Gasteiger partial charge in [0.2, 0.25) is 11.8 Å². The van der Waals surface area contributed by atoms with Crippen LogP contribution in [0.4, 0.5) is 45.5 Å². The molecule has 6 nitrogen and oxygen atoms in total. The standard InChI is InChI=1S/C54H46N4O2/c1-37-13-11-19-47(33-37)57(45-25-21-43(22-26-45)41-15-7-5-8-16-41)49-29-31-51(53(35-49)55-39(3)59)52-32-30-50(36-54(52)56-40(4)60)58(48-20-12-14-38(2)34-48)46-27-23-44(24-28-46)42-17-9-6-10-18-42/h5-36H,1-4H3,(H,55,59)(H,56,60). The van der Waals surface area contributed by atoms with Crippen LogP contribution in [0.25, 0.3) is 33.4 Å². The van der Waals surface area contributed by atoms with E-state index in [2.05, 4.69) is 168 Å². The summed E-state index contributed by atoms with van der Waals surface area (Å²) >= 11 is 0. The van der Waals surface area contributed by atoms with Gasteiger partial charge in [-0.25, -0.2) is 0 Å². The van der Waals surface area contributed by atoms with E-state index in [0.29, 0.717) is 11.4 Å². The molecular weight excluding hydrogens is 737 g/mol. The van der Waals surface area contributed by atoms with Crippen LogP contribution in [-0.4, -0.2) is 11.8 Å². The molecule has 0 aromatic heterocycles. The highest BCUT2D eigenvalue weighted by atomic mass is 16.2. The molecule has 0 fully saturated rings. The van der Waals surface area contributed by atoms with Gasteiger partial charge in [-0.2, -0.15) is 0 Å². The molecule has 0 spiro atoms. The van der Waals surface area contributed by atoms with Crippen LogP contribution < -0.4 is 20.4 Å². The number of aryl methyl sites for hydroxylation is 2. The first-order valence-electron chi connectivity index (χ1n) is 20.1. The van der Waals surface area contributed by atoms with Crippen molar-refractivity contribution in [1.29, 1.82) is 0 Å². The summed E-state index contributed by atoms with van der Waals surface area (Å²) in [6.07, 6.45) is 0. The Balaban J connectivity index is 1.23. The van der Waals surface area contributed by atoms with Gasteiger partial charge in [0.1, 0.15) is 0 Å².